The van der Waals surface area contributed by atoms with Gasteiger partial charge in [-0.25, -0.2) is 0 Å². The summed E-state index contributed by atoms with van der Waals surface area (Å²) in [7, 11) is 0. The first-order valence-corrected chi connectivity index (χ1v) is 7.85. The van der Waals surface area contributed by atoms with Crippen LogP contribution in [0.4, 0.5) is 5.69 Å². The number of para-hydroxylation sites is 1. The van der Waals surface area contributed by atoms with E-state index in [1.165, 1.54) is 5.56 Å². The molecule has 0 aromatic heterocycles. The third-order valence-electron chi connectivity index (χ3n) is 3.02. The summed E-state index contributed by atoms with van der Waals surface area (Å²) < 4.78 is 5.72. The van der Waals surface area contributed by atoms with Crippen LogP contribution in [0.15, 0.2) is 48.5 Å². The lowest BCUT2D eigenvalue weighted by atomic mass is 10.2. The van der Waals surface area contributed by atoms with Crippen molar-refractivity contribution in [2.24, 2.45) is 0 Å². The van der Waals surface area contributed by atoms with E-state index in [0.29, 0.717) is 16.7 Å². The standard InChI is InChI=1S/C17H19ClN2OS/c1-12-7-9-14(10-8-12)21-11-13(2)19-17(22)20-16-6-4-3-5-15(16)18/h3-10,13H,11H2,1-2H3,(H2,19,20,22)/t13-/m1/s1. The molecular formula is C17H19ClN2OS. The molecule has 3 nitrogen and oxygen atoms in total. The molecule has 0 heterocycles. The molecule has 0 saturated heterocycles. The van der Waals surface area contributed by atoms with Gasteiger partial charge in [-0.15, -0.1) is 0 Å². The van der Waals surface area contributed by atoms with Crippen LogP contribution >= 0.6 is 23.8 Å². The Morgan fingerprint density at radius 3 is 2.55 bits per heavy atom. The number of thiocarbonyl (C=S) groups is 1. The number of rotatable bonds is 5. The van der Waals surface area contributed by atoms with E-state index in [9.17, 15) is 0 Å². The minimum Gasteiger partial charge on any atom is -0.491 e. The van der Waals surface area contributed by atoms with Crippen LogP contribution < -0.4 is 15.4 Å². The zero-order chi connectivity index (χ0) is 15.9. The zero-order valence-corrected chi connectivity index (χ0v) is 14.2. The Morgan fingerprint density at radius 2 is 1.86 bits per heavy atom. The second-order valence-corrected chi connectivity index (χ2v) is 5.92. The first-order chi connectivity index (χ1) is 10.5. The van der Waals surface area contributed by atoms with Crippen molar-refractivity contribution in [2.75, 3.05) is 11.9 Å². The second-order valence-electron chi connectivity index (χ2n) is 5.10. The Labute approximate surface area is 141 Å². The smallest absolute Gasteiger partial charge is 0.171 e. The highest BCUT2D eigenvalue weighted by Crippen LogP contribution is 2.20. The normalized spacial score (nSPS) is 11.6. The van der Waals surface area contributed by atoms with Gasteiger partial charge in [-0.3, -0.25) is 0 Å². The van der Waals surface area contributed by atoms with Gasteiger partial charge in [0.15, 0.2) is 5.11 Å². The Kier molecular flexibility index (Phi) is 6.04. The van der Waals surface area contributed by atoms with Crippen LogP contribution in [0, 0.1) is 6.92 Å². The van der Waals surface area contributed by atoms with Crippen molar-refractivity contribution in [3.05, 3.63) is 59.1 Å². The fourth-order valence-electron chi connectivity index (χ4n) is 1.84. The van der Waals surface area contributed by atoms with Crippen molar-refractivity contribution in [1.82, 2.24) is 5.32 Å². The molecule has 0 radical (unpaired) electrons. The predicted octanol–water partition coefficient (Wildman–Crippen LogP) is 4.40. The summed E-state index contributed by atoms with van der Waals surface area (Å²) >= 11 is 11.4. The molecule has 0 aliphatic heterocycles. The van der Waals surface area contributed by atoms with E-state index in [2.05, 4.69) is 10.6 Å². The first-order valence-electron chi connectivity index (χ1n) is 7.06. The van der Waals surface area contributed by atoms with Gasteiger partial charge in [0.25, 0.3) is 0 Å². The number of nitrogens with one attached hydrogen (secondary N) is 2. The van der Waals surface area contributed by atoms with Crippen LogP contribution in [-0.4, -0.2) is 17.8 Å². The van der Waals surface area contributed by atoms with Crippen LogP contribution in [0.25, 0.3) is 0 Å². The highest BCUT2D eigenvalue weighted by Gasteiger charge is 2.07. The monoisotopic (exact) mass is 334 g/mol. The van der Waals surface area contributed by atoms with Crippen molar-refractivity contribution in [2.45, 2.75) is 19.9 Å². The second kappa shape index (κ2) is 8.01. The number of hydrogen-bond donors (Lipinski definition) is 2. The molecule has 0 bridgehead atoms. The molecule has 2 aromatic rings. The molecule has 0 amide bonds. The number of benzene rings is 2. The number of ether oxygens (including phenoxy) is 1. The molecule has 0 spiro atoms. The number of aryl methyl sites for hydroxylation is 1. The van der Waals surface area contributed by atoms with Crippen molar-refractivity contribution in [1.29, 1.82) is 0 Å². The molecule has 0 aliphatic rings. The number of halogens is 1. The summed E-state index contributed by atoms with van der Waals surface area (Å²) in [6.07, 6.45) is 0. The van der Waals surface area contributed by atoms with Gasteiger partial charge in [0.1, 0.15) is 12.4 Å². The molecule has 1 atom stereocenters. The zero-order valence-electron chi connectivity index (χ0n) is 12.6. The third-order valence-corrected chi connectivity index (χ3v) is 3.57. The van der Waals surface area contributed by atoms with Gasteiger partial charge in [0.2, 0.25) is 0 Å². The van der Waals surface area contributed by atoms with Gasteiger partial charge in [-0.2, -0.15) is 0 Å². The largest absolute Gasteiger partial charge is 0.491 e. The quantitative estimate of drug-likeness (QED) is 0.794. The lowest BCUT2D eigenvalue weighted by Crippen LogP contribution is -2.39. The van der Waals surface area contributed by atoms with Crippen LogP contribution in [-0.2, 0) is 0 Å². The third kappa shape index (κ3) is 5.20. The Morgan fingerprint density at radius 1 is 1.18 bits per heavy atom. The summed E-state index contributed by atoms with van der Waals surface area (Å²) in [5, 5.41) is 7.41. The van der Waals surface area contributed by atoms with Crippen LogP contribution in [0.1, 0.15) is 12.5 Å². The molecule has 116 valence electrons. The van der Waals surface area contributed by atoms with Gasteiger partial charge >= 0.3 is 0 Å². The topological polar surface area (TPSA) is 33.3 Å². The average molecular weight is 335 g/mol. The summed E-state index contributed by atoms with van der Waals surface area (Å²) in [6.45, 7) is 4.58. The van der Waals surface area contributed by atoms with Gasteiger partial charge in [0, 0.05) is 0 Å². The Balaban J connectivity index is 1.79. The Bertz CT molecular complexity index is 631. The maximum Gasteiger partial charge on any atom is 0.171 e. The highest BCUT2D eigenvalue weighted by molar-refractivity contribution is 7.80. The fraction of sp³-hybridized carbons (Fsp3) is 0.235. The number of hydrogen-bond acceptors (Lipinski definition) is 2. The van der Waals surface area contributed by atoms with Gasteiger partial charge in [0.05, 0.1) is 16.8 Å². The van der Waals surface area contributed by atoms with E-state index in [0.717, 1.165) is 11.4 Å². The maximum absolute atomic E-state index is 6.08. The number of anilines is 1. The molecule has 0 aliphatic carbocycles. The molecule has 22 heavy (non-hydrogen) atoms. The molecule has 2 rings (SSSR count). The molecule has 0 unspecified atom stereocenters. The summed E-state index contributed by atoms with van der Waals surface area (Å²) in [6, 6.07) is 15.5. The van der Waals surface area contributed by atoms with Crippen LogP contribution in [0.3, 0.4) is 0 Å². The van der Waals surface area contributed by atoms with Crippen molar-refractivity contribution >= 4 is 34.6 Å². The summed E-state index contributed by atoms with van der Waals surface area (Å²) in [5.74, 6) is 0.851. The lowest BCUT2D eigenvalue weighted by Gasteiger charge is -2.18. The molecule has 5 heteroatoms. The average Bonchev–Trinajstić information content (AvgIpc) is 2.49. The summed E-state index contributed by atoms with van der Waals surface area (Å²) in [4.78, 5) is 0. The van der Waals surface area contributed by atoms with E-state index >= 15 is 0 Å². The van der Waals surface area contributed by atoms with E-state index in [1.54, 1.807) is 0 Å². The first kappa shape index (κ1) is 16.6. The van der Waals surface area contributed by atoms with Gasteiger partial charge in [-0.1, -0.05) is 41.4 Å². The van der Waals surface area contributed by atoms with Gasteiger partial charge in [-0.05, 0) is 50.3 Å². The van der Waals surface area contributed by atoms with E-state index in [4.69, 9.17) is 28.6 Å². The van der Waals surface area contributed by atoms with E-state index in [-0.39, 0.29) is 6.04 Å². The minimum absolute atomic E-state index is 0.0730. The van der Waals surface area contributed by atoms with Crippen molar-refractivity contribution in [3.63, 3.8) is 0 Å². The molecule has 0 fully saturated rings. The minimum atomic E-state index is 0.0730. The lowest BCUT2D eigenvalue weighted by molar-refractivity contribution is 0.287. The van der Waals surface area contributed by atoms with Crippen LogP contribution in [0.2, 0.25) is 5.02 Å². The SMILES string of the molecule is Cc1ccc(OC[C@@H](C)NC(=S)Nc2ccccc2Cl)cc1. The summed E-state index contributed by atoms with van der Waals surface area (Å²) in [5.41, 5.74) is 2.00. The fourth-order valence-corrected chi connectivity index (χ4v) is 2.34. The van der Waals surface area contributed by atoms with E-state index < -0.39 is 0 Å². The maximum atomic E-state index is 6.08. The molecule has 0 saturated carbocycles. The van der Waals surface area contributed by atoms with Crippen molar-refractivity contribution < 1.29 is 4.74 Å². The predicted molar refractivity (Wildman–Crippen MR) is 96.9 cm³/mol. The highest BCUT2D eigenvalue weighted by atomic mass is 35.5. The van der Waals surface area contributed by atoms with Gasteiger partial charge < -0.3 is 15.4 Å². The molecule has 2 aromatic carbocycles. The van der Waals surface area contributed by atoms with E-state index in [1.807, 2.05) is 62.4 Å². The van der Waals surface area contributed by atoms with Crippen LogP contribution in [0.5, 0.6) is 5.75 Å². The van der Waals surface area contributed by atoms with Crippen molar-refractivity contribution in [3.8, 4) is 5.75 Å². The molecular weight excluding hydrogens is 316 g/mol. The Hall–Kier alpha value is -1.78. The molecule has 2 N–H and O–H groups in total.